The molecule has 0 aromatic rings. The highest BCUT2D eigenvalue weighted by Crippen LogP contribution is 1.95. The van der Waals surface area contributed by atoms with E-state index in [2.05, 4.69) is 12.2 Å². The Bertz CT molecular complexity index is 85.7. The third-order valence-corrected chi connectivity index (χ3v) is 1.37. The van der Waals surface area contributed by atoms with Crippen molar-refractivity contribution in [2.75, 3.05) is 13.1 Å². The molecule has 0 radical (unpaired) electrons. The van der Waals surface area contributed by atoms with Crippen molar-refractivity contribution in [3.8, 4) is 0 Å². The Balaban J connectivity index is 3.29. The van der Waals surface area contributed by atoms with Gasteiger partial charge in [0.2, 0.25) is 0 Å². The first kappa shape index (κ1) is 9.40. The van der Waals surface area contributed by atoms with E-state index in [4.69, 9.17) is 0 Å². The predicted molar refractivity (Wildman–Crippen MR) is 42.6 cm³/mol. The Morgan fingerprint density at radius 1 is 1.20 bits per heavy atom. The molecule has 0 aliphatic carbocycles. The van der Waals surface area contributed by atoms with E-state index in [1.54, 1.807) is 5.01 Å². The lowest BCUT2D eigenvalue weighted by molar-refractivity contribution is 0.280. The molecular formula is C7H16N2O. The molecule has 0 atom stereocenters. The minimum absolute atomic E-state index is 0.795. The molecule has 60 valence electrons. The van der Waals surface area contributed by atoms with Crippen LogP contribution in [0.3, 0.4) is 0 Å². The minimum Gasteiger partial charge on any atom is -0.261 e. The second-order valence-electron chi connectivity index (χ2n) is 2.39. The van der Waals surface area contributed by atoms with Gasteiger partial charge in [0.05, 0.1) is 5.29 Å². The summed E-state index contributed by atoms with van der Waals surface area (Å²) in [5.74, 6) is 0. The highest BCUT2D eigenvalue weighted by Gasteiger charge is 1.97. The van der Waals surface area contributed by atoms with Crippen molar-refractivity contribution in [2.24, 2.45) is 5.29 Å². The summed E-state index contributed by atoms with van der Waals surface area (Å²) >= 11 is 0. The largest absolute Gasteiger partial charge is 0.261 e. The average Bonchev–Trinajstić information content (AvgIpc) is 1.98. The maximum Gasteiger partial charge on any atom is 0.0523 e. The topological polar surface area (TPSA) is 32.7 Å². The van der Waals surface area contributed by atoms with Crippen molar-refractivity contribution >= 4 is 0 Å². The smallest absolute Gasteiger partial charge is 0.0523 e. The van der Waals surface area contributed by atoms with Crippen LogP contribution >= 0.6 is 0 Å². The van der Waals surface area contributed by atoms with Gasteiger partial charge in [-0.2, -0.15) is 0 Å². The molecule has 0 bridgehead atoms. The summed E-state index contributed by atoms with van der Waals surface area (Å²) in [7, 11) is 0. The fourth-order valence-electron chi connectivity index (χ4n) is 0.792. The third kappa shape index (κ3) is 4.30. The lowest BCUT2D eigenvalue weighted by atomic mass is 10.3. The summed E-state index contributed by atoms with van der Waals surface area (Å²) < 4.78 is 0. The second-order valence-corrected chi connectivity index (χ2v) is 2.39. The monoisotopic (exact) mass is 144 g/mol. The summed E-state index contributed by atoms with van der Waals surface area (Å²) in [5.41, 5.74) is 0. The van der Waals surface area contributed by atoms with Crippen LogP contribution in [0.5, 0.6) is 0 Å². The zero-order valence-corrected chi connectivity index (χ0v) is 6.84. The Morgan fingerprint density at radius 2 is 1.90 bits per heavy atom. The maximum atomic E-state index is 10.1. The van der Waals surface area contributed by atoms with E-state index in [1.165, 1.54) is 0 Å². The van der Waals surface area contributed by atoms with E-state index in [-0.39, 0.29) is 0 Å². The highest BCUT2D eigenvalue weighted by molar-refractivity contribution is 4.48. The van der Waals surface area contributed by atoms with Gasteiger partial charge in [0, 0.05) is 13.1 Å². The quantitative estimate of drug-likeness (QED) is 0.423. The van der Waals surface area contributed by atoms with Crippen LogP contribution in [0, 0.1) is 4.91 Å². The molecule has 0 saturated heterocycles. The lowest BCUT2D eigenvalue weighted by Gasteiger charge is -2.12. The van der Waals surface area contributed by atoms with E-state index in [9.17, 15) is 4.91 Å². The molecule has 0 fully saturated rings. The van der Waals surface area contributed by atoms with E-state index in [0.29, 0.717) is 0 Å². The van der Waals surface area contributed by atoms with Crippen LogP contribution in [0.25, 0.3) is 0 Å². The predicted octanol–water partition coefficient (Wildman–Crippen LogP) is 2.18. The van der Waals surface area contributed by atoms with Gasteiger partial charge in [-0.25, -0.2) is 0 Å². The normalized spacial score (nSPS) is 9.40. The van der Waals surface area contributed by atoms with Gasteiger partial charge in [-0.3, -0.25) is 5.01 Å². The van der Waals surface area contributed by atoms with Gasteiger partial charge in [-0.05, 0) is 12.8 Å². The van der Waals surface area contributed by atoms with Gasteiger partial charge in [0.25, 0.3) is 0 Å². The third-order valence-electron chi connectivity index (χ3n) is 1.37. The summed E-state index contributed by atoms with van der Waals surface area (Å²) in [4.78, 5) is 10.1. The summed E-state index contributed by atoms with van der Waals surface area (Å²) in [6.45, 7) is 5.76. The first-order valence-corrected chi connectivity index (χ1v) is 3.93. The van der Waals surface area contributed by atoms with Gasteiger partial charge in [0.15, 0.2) is 0 Å². The van der Waals surface area contributed by atoms with Gasteiger partial charge < -0.3 is 0 Å². The molecule has 3 heteroatoms. The zero-order chi connectivity index (χ0) is 7.82. The first-order chi connectivity index (χ1) is 4.85. The Kier molecular flexibility index (Phi) is 6.13. The molecule has 0 unspecified atom stereocenters. The fraction of sp³-hybridized carbons (Fsp3) is 1.00. The number of rotatable bonds is 6. The van der Waals surface area contributed by atoms with Crippen LogP contribution in [0.1, 0.15) is 33.1 Å². The molecule has 0 spiro atoms. The fourth-order valence-corrected chi connectivity index (χ4v) is 0.792. The molecule has 0 aromatic carbocycles. The Labute approximate surface area is 62.4 Å². The van der Waals surface area contributed by atoms with Crippen molar-refractivity contribution in [1.29, 1.82) is 0 Å². The van der Waals surface area contributed by atoms with Crippen molar-refractivity contribution < 1.29 is 0 Å². The number of hydrogen-bond acceptors (Lipinski definition) is 2. The molecule has 10 heavy (non-hydrogen) atoms. The van der Waals surface area contributed by atoms with E-state index in [0.717, 1.165) is 32.4 Å². The minimum atomic E-state index is 0.795. The van der Waals surface area contributed by atoms with Crippen LogP contribution in [0.15, 0.2) is 5.29 Å². The molecule has 0 aromatic heterocycles. The number of nitroso groups, excluding NO2 is 1. The van der Waals surface area contributed by atoms with Crippen LogP contribution < -0.4 is 0 Å². The molecule has 0 saturated carbocycles. The molecule has 0 rings (SSSR count). The first-order valence-electron chi connectivity index (χ1n) is 3.93. The lowest BCUT2D eigenvalue weighted by Crippen LogP contribution is -2.18. The highest BCUT2D eigenvalue weighted by atomic mass is 16.3. The molecule has 3 nitrogen and oxygen atoms in total. The Morgan fingerprint density at radius 3 is 2.30 bits per heavy atom. The van der Waals surface area contributed by atoms with Crippen molar-refractivity contribution in [3.05, 3.63) is 4.91 Å². The maximum absolute atomic E-state index is 10.1. The van der Waals surface area contributed by atoms with Gasteiger partial charge in [-0.15, -0.1) is 4.91 Å². The number of hydrogen-bond donors (Lipinski definition) is 0. The molecule has 0 amide bonds. The summed E-state index contributed by atoms with van der Waals surface area (Å²) in [6, 6.07) is 0. The summed E-state index contributed by atoms with van der Waals surface area (Å²) in [5, 5.41) is 4.49. The number of nitrogens with zero attached hydrogens (tertiary/aromatic N) is 2. The van der Waals surface area contributed by atoms with Gasteiger partial charge in [-0.1, -0.05) is 20.3 Å². The van der Waals surface area contributed by atoms with Crippen molar-refractivity contribution in [3.63, 3.8) is 0 Å². The molecule has 0 aliphatic heterocycles. The average molecular weight is 144 g/mol. The zero-order valence-electron chi connectivity index (χ0n) is 6.84. The molecule has 0 heterocycles. The number of unbranched alkanes of at least 4 members (excludes halogenated alkanes) is 1. The van der Waals surface area contributed by atoms with Crippen molar-refractivity contribution in [2.45, 2.75) is 33.1 Å². The van der Waals surface area contributed by atoms with Crippen molar-refractivity contribution in [1.82, 2.24) is 5.01 Å². The summed E-state index contributed by atoms with van der Waals surface area (Å²) in [6.07, 6.45) is 3.18. The van der Waals surface area contributed by atoms with E-state index in [1.807, 2.05) is 6.92 Å². The molecular weight excluding hydrogens is 128 g/mol. The second kappa shape index (κ2) is 6.52. The molecule has 0 N–H and O–H groups in total. The Hall–Kier alpha value is -0.600. The molecule has 0 aliphatic rings. The van der Waals surface area contributed by atoms with Gasteiger partial charge in [0.1, 0.15) is 0 Å². The van der Waals surface area contributed by atoms with E-state index >= 15 is 0 Å². The SMILES string of the molecule is CCCCN(CCC)N=O. The standard InChI is InChI=1S/C7H16N2O/c1-3-5-7-9(8-10)6-4-2/h3-7H2,1-2H3. The van der Waals surface area contributed by atoms with Crippen LogP contribution in [-0.4, -0.2) is 18.1 Å². The van der Waals surface area contributed by atoms with Crippen LogP contribution in [-0.2, 0) is 0 Å². The van der Waals surface area contributed by atoms with Crippen LogP contribution in [0.2, 0.25) is 0 Å². The van der Waals surface area contributed by atoms with Crippen LogP contribution in [0.4, 0.5) is 0 Å². The van der Waals surface area contributed by atoms with E-state index < -0.39 is 0 Å². The van der Waals surface area contributed by atoms with Gasteiger partial charge >= 0.3 is 0 Å².